The van der Waals surface area contributed by atoms with Gasteiger partial charge in [0.1, 0.15) is 11.4 Å². The highest BCUT2D eigenvalue weighted by molar-refractivity contribution is 5.41. The summed E-state index contributed by atoms with van der Waals surface area (Å²) in [4.78, 5) is 0. The largest absolute Gasteiger partial charge is 0.487 e. The minimum absolute atomic E-state index is 0.0778. The number of ether oxygens (including phenoxy) is 3. The van der Waals surface area contributed by atoms with Crippen LogP contribution in [0.4, 0.5) is 0 Å². The Bertz CT molecular complexity index is 427. The molecule has 1 aromatic carbocycles. The normalized spacial score (nSPS) is 16.5. The van der Waals surface area contributed by atoms with E-state index in [4.69, 9.17) is 14.2 Å². The van der Waals surface area contributed by atoms with Crippen molar-refractivity contribution in [3.05, 3.63) is 29.3 Å². The minimum Gasteiger partial charge on any atom is -0.487 e. The molecular formula is C15H23NO3. The highest BCUT2D eigenvalue weighted by Crippen LogP contribution is 2.35. The molecule has 0 amide bonds. The molecule has 1 N–H and O–H groups in total. The van der Waals surface area contributed by atoms with Crippen LogP contribution in [0.2, 0.25) is 0 Å². The lowest BCUT2D eigenvalue weighted by atomic mass is 10.0. The summed E-state index contributed by atoms with van der Waals surface area (Å²) < 4.78 is 16.1. The number of rotatable bonds is 6. The summed E-state index contributed by atoms with van der Waals surface area (Å²) in [5, 5.41) is 3.32. The molecule has 1 aliphatic heterocycles. The third kappa shape index (κ3) is 3.69. The van der Waals surface area contributed by atoms with Crippen molar-refractivity contribution in [3.63, 3.8) is 0 Å². The molecule has 0 unspecified atom stereocenters. The Morgan fingerprint density at radius 2 is 2.05 bits per heavy atom. The van der Waals surface area contributed by atoms with Gasteiger partial charge < -0.3 is 19.5 Å². The van der Waals surface area contributed by atoms with E-state index >= 15 is 0 Å². The lowest BCUT2D eigenvalue weighted by Crippen LogP contribution is -2.29. The second kappa shape index (κ2) is 5.90. The van der Waals surface area contributed by atoms with Crippen LogP contribution in [0.1, 0.15) is 25.0 Å². The van der Waals surface area contributed by atoms with Crippen molar-refractivity contribution in [3.8, 4) is 5.75 Å². The van der Waals surface area contributed by atoms with E-state index in [9.17, 15) is 0 Å². The van der Waals surface area contributed by atoms with Crippen molar-refractivity contribution >= 4 is 0 Å². The topological polar surface area (TPSA) is 39.7 Å². The molecule has 19 heavy (non-hydrogen) atoms. The average molecular weight is 265 g/mol. The van der Waals surface area contributed by atoms with E-state index in [-0.39, 0.29) is 11.9 Å². The van der Waals surface area contributed by atoms with Crippen LogP contribution >= 0.6 is 0 Å². The lowest BCUT2D eigenvalue weighted by molar-refractivity contribution is -0.0989. The summed E-state index contributed by atoms with van der Waals surface area (Å²) in [6.45, 7) is 5.71. The first kappa shape index (κ1) is 14.3. The van der Waals surface area contributed by atoms with Crippen LogP contribution in [0.25, 0.3) is 0 Å². The van der Waals surface area contributed by atoms with Crippen molar-refractivity contribution in [2.24, 2.45) is 0 Å². The van der Waals surface area contributed by atoms with Crippen LogP contribution in [-0.4, -0.2) is 32.7 Å². The van der Waals surface area contributed by atoms with Crippen LogP contribution < -0.4 is 10.1 Å². The van der Waals surface area contributed by atoms with E-state index in [1.807, 2.05) is 0 Å². The zero-order valence-electron chi connectivity index (χ0n) is 12.2. The predicted octanol–water partition coefficient (Wildman–Crippen LogP) is 2.11. The van der Waals surface area contributed by atoms with Gasteiger partial charge in [-0.15, -0.1) is 0 Å². The maximum absolute atomic E-state index is 5.87. The Morgan fingerprint density at radius 1 is 1.32 bits per heavy atom. The smallest absolute Gasteiger partial charge is 0.169 e. The number of benzene rings is 1. The first-order chi connectivity index (χ1) is 9.04. The van der Waals surface area contributed by atoms with Gasteiger partial charge >= 0.3 is 0 Å². The molecule has 0 spiro atoms. The van der Waals surface area contributed by atoms with Crippen molar-refractivity contribution in [1.29, 1.82) is 0 Å². The van der Waals surface area contributed by atoms with Gasteiger partial charge in [-0.1, -0.05) is 12.1 Å². The minimum atomic E-state index is -0.198. The maximum atomic E-state index is 5.87. The maximum Gasteiger partial charge on any atom is 0.169 e. The molecule has 106 valence electrons. The molecule has 4 nitrogen and oxygen atoms in total. The third-order valence-electron chi connectivity index (χ3n) is 3.29. The monoisotopic (exact) mass is 265 g/mol. The number of hydrogen-bond donors (Lipinski definition) is 1. The first-order valence-corrected chi connectivity index (χ1v) is 6.61. The average Bonchev–Trinajstić information content (AvgIpc) is 2.67. The lowest BCUT2D eigenvalue weighted by Gasteiger charge is -2.16. The molecule has 2 rings (SSSR count). The second-order valence-electron chi connectivity index (χ2n) is 5.51. The van der Waals surface area contributed by atoms with Crippen LogP contribution in [0.15, 0.2) is 18.2 Å². The van der Waals surface area contributed by atoms with Gasteiger partial charge in [0.05, 0.1) is 0 Å². The summed E-state index contributed by atoms with van der Waals surface area (Å²) in [6, 6.07) is 6.37. The molecule has 4 heteroatoms. The fraction of sp³-hybridized carbons (Fsp3) is 0.600. The third-order valence-corrected chi connectivity index (χ3v) is 3.29. The van der Waals surface area contributed by atoms with E-state index in [1.165, 1.54) is 11.1 Å². The number of methoxy groups -OCH3 is 2. The Hall–Kier alpha value is -1.10. The first-order valence-electron chi connectivity index (χ1n) is 6.61. The quantitative estimate of drug-likeness (QED) is 0.800. The van der Waals surface area contributed by atoms with Gasteiger partial charge in [-0.2, -0.15) is 0 Å². The Balaban J connectivity index is 1.90. The van der Waals surface area contributed by atoms with E-state index in [0.29, 0.717) is 6.54 Å². The molecule has 0 atom stereocenters. The van der Waals surface area contributed by atoms with Gasteiger partial charge in [-0.3, -0.25) is 0 Å². The highest BCUT2D eigenvalue weighted by Gasteiger charge is 2.29. The van der Waals surface area contributed by atoms with E-state index in [0.717, 1.165) is 18.7 Å². The Kier molecular flexibility index (Phi) is 4.45. The summed E-state index contributed by atoms with van der Waals surface area (Å²) >= 11 is 0. The van der Waals surface area contributed by atoms with E-state index < -0.39 is 0 Å². The molecule has 0 fully saturated rings. The van der Waals surface area contributed by atoms with Crippen molar-refractivity contribution in [2.45, 2.75) is 38.7 Å². The van der Waals surface area contributed by atoms with Gasteiger partial charge in [0, 0.05) is 33.7 Å². The summed E-state index contributed by atoms with van der Waals surface area (Å²) in [5.41, 5.74) is 2.47. The zero-order valence-corrected chi connectivity index (χ0v) is 12.2. The summed E-state index contributed by atoms with van der Waals surface area (Å²) in [7, 11) is 3.29. The fourth-order valence-electron chi connectivity index (χ4n) is 2.37. The number of nitrogens with one attached hydrogen (secondary N) is 1. The van der Waals surface area contributed by atoms with Crippen LogP contribution in [0.5, 0.6) is 5.75 Å². The predicted molar refractivity (Wildman–Crippen MR) is 74.4 cm³/mol. The molecule has 1 heterocycles. The van der Waals surface area contributed by atoms with E-state index in [2.05, 4.69) is 37.4 Å². The standard InChI is InChI=1S/C15H23NO3/c1-15(2)8-12-7-11(5-6-13(12)19-15)9-16-10-14(17-3)18-4/h5-7,14,16H,8-10H2,1-4H3. The number of fused-ring (bicyclic) bond motifs is 1. The molecule has 0 saturated heterocycles. The molecule has 1 aromatic rings. The van der Waals surface area contributed by atoms with Crippen LogP contribution in [0, 0.1) is 0 Å². The highest BCUT2D eigenvalue weighted by atomic mass is 16.7. The molecule has 0 aromatic heterocycles. The van der Waals surface area contributed by atoms with Crippen LogP contribution in [0.3, 0.4) is 0 Å². The molecule has 0 aliphatic carbocycles. The summed E-state index contributed by atoms with van der Waals surface area (Å²) in [6.07, 6.45) is 0.770. The second-order valence-corrected chi connectivity index (χ2v) is 5.51. The Morgan fingerprint density at radius 3 is 2.74 bits per heavy atom. The van der Waals surface area contributed by atoms with Gasteiger partial charge in [-0.05, 0) is 31.0 Å². The van der Waals surface area contributed by atoms with Gasteiger partial charge in [-0.25, -0.2) is 0 Å². The summed E-state index contributed by atoms with van der Waals surface area (Å²) in [5.74, 6) is 1.01. The molecular weight excluding hydrogens is 242 g/mol. The number of hydrogen-bond acceptors (Lipinski definition) is 4. The fourth-order valence-corrected chi connectivity index (χ4v) is 2.37. The SMILES string of the molecule is COC(CNCc1ccc2c(c1)CC(C)(C)O2)OC. The van der Waals surface area contributed by atoms with E-state index in [1.54, 1.807) is 14.2 Å². The molecule has 0 radical (unpaired) electrons. The van der Waals surface area contributed by atoms with Crippen molar-refractivity contribution in [2.75, 3.05) is 20.8 Å². The van der Waals surface area contributed by atoms with Crippen molar-refractivity contribution < 1.29 is 14.2 Å². The van der Waals surface area contributed by atoms with Gasteiger partial charge in [0.2, 0.25) is 0 Å². The van der Waals surface area contributed by atoms with Crippen molar-refractivity contribution in [1.82, 2.24) is 5.32 Å². The van der Waals surface area contributed by atoms with Crippen LogP contribution in [-0.2, 0) is 22.4 Å². The van der Waals surface area contributed by atoms with Gasteiger partial charge in [0.15, 0.2) is 6.29 Å². The molecule has 1 aliphatic rings. The Labute approximate surface area is 115 Å². The van der Waals surface area contributed by atoms with Gasteiger partial charge in [0.25, 0.3) is 0 Å². The zero-order chi connectivity index (χ0) is 13.9. The molecule has 0 bridgehead atoms. The molecule has 0 saturated carbocycles.